The zero-order valence-electron chi connectivity index (χ0n) is 10.7. The van der Waals surface area contributed by atoms with E-state index in [1.807, 2.05) is 0 Å². The lowest BCUT2D eigenvalue weighted by molar-refractivity contribution is -0.394. The smallest absolute Gasteiger partial charge is 0.277 e. The van der Waals surface area contributed by atoms with Crippen molar-refractivity contribution in [3.8, 4) is 0 Å². The van der Waals surface area contributed by atoms with Crippen molar-refractivity contribution in [2.24, 2.45) is 0 Å². The molecule has 9 heteroatoms. The van der Waals surface area contributed by atoms with E-state index in [0.29, 0.717) is 12.5 Å². The van der Waals surface area contributed by atoms with E-state index in [0.717, 1.165) is 18.2 Å². The molecule has 1 aromatic carbocycles. The number of nitro benzene ring substituents is 2. The first-order valence-corrected chi connectivity index (χ1v) is 7.95. The van der Waals surface area contributed by atoms with Gasteiger partial charge in [0.1, 0.15) is 0 Å². The molecule has 1 N–H and O–H groups in total. The molecule has 0 fully saturated rings. The topological polar surface area (TPSA) is 124 Å². The number of hydrogen-bond acceptors (Lipinski definition) is 6. The summed E-state index contributed by atoms with van der Waals surface area (Å²) in [6.45, 7) is 1.69. The maximum atomic E-state index is 11.9. The number of nitrogens with zero attached hydrogens (tertiary/aromatic N) is 2. The van der Waals surface area contributed by atoms with Crippen LogP contribution < -0.4 is 0 Å². The van der Waals surface area contributed by atoms with Crippen LogP contribution in [-0.4, -0.2) is 29.5 Å². The van der Waals surface area contributed by atoms with Crippen LogP contribution in [-0.2, 0) is 0 Å². The zero-order chi connectivity index (χ0) is 15.3. The molecule has 0 bridgehead atoms. The van der Waals surface area contributed by atoms with Gasteiger partial charge in [-0.2, -0.15) is 0 Å². The average Bonchev–Trinajstić information content (AvgIpc) is 2.37. The molecule has 0 aliphatic rings. The second kappa shape index (κ2) is 6.87. The summed E-state index contributed by atoms with van der Waals surface area (Å²) in [5.74, 6) is -0.403. The molecule has 1 rings (SSSR count). The molecule has 0 atom stereocenters. The number of non-ortho nitro benzene ring substituents is 2. The van der Waals surface area contributed by atoms with E-state index in [-0.39, 0.29) is 12.0 Å². The SMILES string of the molecule is C[Si](O)CCCC(=O)c1cc([N+](=O)[O-])cc([N+](=O)[O-])c1. The van der Waals surface area contributed by atoms with Gasteiger partial charge in [-0.1, -0.05) is 0 Å². The van der Waals surface area contributed by atoms with Crippen LogP contribution in [0.1, 0.15) is 23.2 Å². The molecule has 0 aliphatic heterocycles. The number of rotatable bonds is 7. The lowest BCUT2D eigenvalue weighted by Crippen LogP contribution is -2.07. The normalized spacial score (nSPS) is 10.6. The van der Waals surface area contributed by atoms with E-state index in [1.54, 1.807) is 6.55 Å². The summed E-state index contributed by atoms with van der Waals surface area (Å²) in [5, 5.41) is 21.4. The van der Waals surface area contributed by atoms with Crippen LogP contribution >= 0.6 is 0 Å². The fourth-order valence-corrected chi connectivity index (χ4v) is 2.30. The van der Waals surface area contributed by atoms with E-state index in [1.165, 1.54) is 0 Å². The Morgan fingerprint density at radius 3 is 2.10 bits per heavy atom. The summed E-state index contributed by atoms with van der Waals surface area (Å²) in [6.07, 6.45) is 0.553. The highest BCUT2D eigenvalue weighted by Gasteiger charge is 2.19. The summed E-state index contributed by atoms with van der Waals surface area (Å²) in [5.41, 5.74) is -1.01. The van der Waals surface area contributed by atoms with Gasteiger partial charge < -0.3 is 4.80 Å². The van der Waals surface area contributed by atoms with Crippen molar-refractivity contribution in [3.63, 3.8) is 0 Å². The molecule has 1 radical (unpaired) electrons. The van der Waals surface area contributed by atoms with Gasteiger partial charge in [-0.3, -0.25) is 25.0 Å². The molecule has 0 heterocycles. The van der Waals surface area contributed by atoms with E-state index >= 15 is 0 Å². The fourth-order valence-electron chi connectivity index (χ4n) is 1.62. The van der Waals surface area contributed by atoms with Crippen molar-refractivity contribution < 1.29 is 19.4 Å². The largest absolute Gasteiger partial charge is 0.432 e. The van der Waals surface area contributed by atoms with E-state index in [4.69, 9.17) is 0 Å². The zero-order valence-corrected chi connectivity index (χ0v) is 11.7. The van der Waals surface area contributed by atoms with Crippen molar-refractivity contribution >= 4 is 26.2 Å². The van der Waals surface area contributed by atoms with E-state index < -0.39 is 36.0 Å². The molecule has 0 aliphatic carbocycles. The highest BCUT2D eigenvalue weighted by Crippen LogP contribution is 2.24. The van der Waals surface area contributed by atoms with Crippen LogP contribution in [0.5, 0.6) is 0 Å². The number of hydrogen-bond donors (Lipinski definition) is 1. The minimum Gasteiger partial charge on any atom is -0.432 e. The van der Waals surface area contributed by atoms with Gasteiger partial charge in [-0.05, 0) is 19.0 Å². The summed E-state index contributed by atoms with van der Waals surface area (Å²) in [7, 11) is -1.42. The van der Waals surface area contributed by atoms with Gasteiger partial charge >= 0.3 is 0 Å². The predicted octanol–water partition coefficient (Wildman–Crippen LogP) is 2.08. The van der Waals surface area contributed by atoms with E-state index in [2.05, 4.69) is 0 Å². The van der Waals surface area contributed by atoms with Crippen LogP contribution in [0.25, 0.3) is 0 Å². The van der Waals surface area contributed by atoms with Crippen LogP contribution in [0.2, 0.25) is 12.6 Å². The second-order valence-electron chi connectivity index (χ2n) is 4.26. The Kier molecular flexibility index (Phi) is 5.47. The molecule has 8 nitrogen and oxygen atoms in total. The molecule has 0 aromatic heterocycles. The number of carbonyl (C=O) groups excluding carboxylic acids is 1. The monoisotopic (exact) mass is 297 g/mol. The lowest BCUT2D eigenvalue weighted by Gasteiger charge is -2.02. The molecule has 1 aromatic rings. The molecule has 20 heavy (non-hydrogen) atoms. The minimum atomic E-state index is -1.42. The molecule has 107 valence electrons. The van der Waals surface area contributed by atoms with Crippen molar-refractivity contribution in [3.05, 3.63) is 44.0 Å². The van der Waals surface area contributed by atoms with Gasteiger partial charge in [-0.25, -0.2) is 0 Å². The fraction of sp³-hybridized carbons (Fsp3) is 0.364. The van der Waals surface area contributed by atoms with Crippen LogP contribution in [0.3, 0.4) is 0 Å². The Bertz CT molecular complexity index is 513. The van der Waals surface area contributed by atoms with Gasteiger partial charge in [0.05, 0.1) is 15.9 Å². The molecule has 0 saturated heterocycles. The number of ketones is 1. The van der Waals surface area contributed by atoms with Gasteiger partial charge in [0.15, 0.2) is 5.78 Å². The third-order valence-electron chi connectivity index (χ3n) is 2.59. The number of nitro groups is 2. The maximum Gasteiger partial charge on any atom is 0.277 e. The quantitative estimate of drug-likeness (QED) is 0.355. The Morgan fingerprint density at radius 1 is 1.20 bits per heavy atom. The molecule has 0 saturated carbocycles. The third-order valence-corrected chi connectivity index (χ3v) is 3.67. The Balaban J connectivity index is 2.95. The summed E-state index contributed by atoms with van der Waals surface area (Å²) in [6, 6.07) is 3.41. The average molecular weight is 297 g/mol. The second-order valence-corrected chi connectivity index (χ2v) is 6.23. The highest BCUT2D eigenvalue weighted by atomic mass is 28.3. The van der Waals surface area contributed by atoms with Crippen molar-refractivity contribution in [2.45, 2.75) is 25.4 Å². The molecule has 0 spiro atoms. The summed E-state index contributed by atoms with van der Waals surface area (Å²) >= 11 is 0. The first-order chi connectivity index (χ1) is 9.31. The van der Waals surface area contributed by atoms with E-state index in [9.17, 15) is 29.8 Å². The Hall–Kier alpha value is -2.13. The van der Waals surface area contributed by atoms with Crippen molar-refractivity contribution in [1.29, 1.82) is 0 Å². The maximum absolute atomic E-state index is 11.9. The predicted molar refractivity (Wildman–Crippen MR) is 72.0 cm³/mol. The standard InChI is InChI=1S/C11H13N2O6Si/c1-20(19)4-2-3-11(14)8-5-9(12(15)16)7-10(6-8)13(17)18/h5-7,19H,2-4H2,1H3. The number of Topliss-reactive ketones (excluding diaryl/α,β-unsaturated/α-hetero) is 1. The molecular formula is C11H13N2O6Si. The van der Waals surface area contributed by atoms with Gasteiger partial charge in [-0.15, -0.1) is 0 Å². The van der Waals surface area contributed by atoms with Gasteiger partial charge in [0.2, 0.25) is 9.04 Å². The van der Waals surface area contributed by atoms with Crippen LogP contribution in [0.4, 0.5) is 11.4 Å². The van der Waals surface area contributed by atoms with Crippen LogP contribution in [0.15, 0.2) is 18.2 Å². The highest BCUT2D eigenvalue weighted by molar-refractivity contribution is 6.48. The summed E-state index contributed by atoms with van der Waals surface area (Å²) < 4.78 is 0. The van der Waals surface area contributed by atoms with Crippen molar-refractivity contribution in [1.82, 2.24) is 0 Å². The van der Waals surface area contributed by atoms with Gasteiger partial charge in [0.25, 0.3) is 11.4 Å². The van der Waals surface area contributed by atoms with Gasteiger partial charge in [0, 0.05) is 24.1 Å². The van der Waals surface area contributed by atoms with Crippen LogP contribution in [0, 0.1) is 20.2 Å². The molecule has 0 amide bonds. The first kappa shape index (κ1) is 15.9. The Labute approximate surface area is 116 Å². The Morgan fingerprint density at radius 2 is 1.70 bits per heavy atom. The minimum absolute atomic E-state index is 0.0475. The molecule has 0 unspecified atom stereocenters. The number of carbonyl (C=O) groups is 1. The number of benzene rings is 1. The molecular weight excluding hydrogens is 284 g/mol. The van der Waals surface area contributed by atoms with Crippen molar-refractivity contribution in [2.75, 3.05) is 0 Å². The summed E-state index contributed by atoms with van der Waals surface area (Å²) in [4.78, 5) is 40.9. The first-order valence-electron chi connectivity index (χ1n) is 5.79. The lowest BCUT2D eigenvalue weighted by atomic mass is 10.1. The third kappa shape index (κ3) is 4.52.